The molecule has 1 unspecified atom stereocenters. The van der Waals surface area contributed by atoms with Gasteiger partial charge in [-0.3, -0.25) is 4.79 Å². The van der Waals surface area contributed by atoms with Crippen LogP contribution in [0.2, 0.25) is 0 Å². The molecular formula is C17H32O2. The first-order chi connectivity index (χ1) is 8.74. The van der Waals surface area contributed by atoms with Crippen LogP contribution in [0.25, 0.3) is 0 Å². The zero-order chi connectivity index (χ0) is 14.7. The van der Waals surface area contributed by atoms with Crippen molar-refractivity contribution >= 4 is 5.97 Å². The van der Waals surface area contributed by atoms with E-state index >= 15 is 0 Å². The van der Waals surface area contributed by atoms with Crippen LogP contribution < -0.4 is 0 Å². The Morgan fingerprint density at radius 2 is 1.68 bits per heavy atom. The lowest BCUT2D eigenvalue weighted by Crippen LogP contribution is -2.47. The van der Waals surface area contributed by atoms with Gasteiger partial charge in [0.15, 0.2) is 0 Å². The van der Waals surface area contributed by atoms with Crippen molar-refractivity contribution < 1.29 is 9.53 Å². The summed E-state index contributed by atoms with van der Waals surface area (Å²) in [5.41, 5.74) is -0.672. The van der Waals surface area contributed by atoms with Gasteiger partial charge in [0, 0.05) is 0 Å². The van der Waals surface area contributed by atoms with Gasteiger partial charge in [-0.25, -0.2) is 0 Å². The van der Waals surface area contributed by atoms with Crippen LogP contribution in [-0.4, -0.2) is 11.6 Å². The number of esters is 1. The maximum atomic E-state index is 12.4. The molecule has 0 aromatic carbocycles. The molecule has 1 atom stereocenters. The summed E-state index contributed by atoms with van der Waals surface area (Å²) in [5.74, 6) is 0.863. The van der Waals surface area contributed by atoms with Gasteiger partial charge >= 0.3 is 5.97 Å². The molecule has 0 aliphatic heterocycles. The molecule has 19 heavy (non-hydrogen) atoms. The van der Waals surface area contributed by atoms with Gasteiger partial charge in [-0.2, -0.15) is 0 Å². The van der Waals surface area contributed by atoms with E-state index in [9.17, 15) is 4.79 Å². The Balaban J connectivity index is 2.84. The summed E-state index contributed by atoms with van der Waals surface area (Å²) in [5, 5.41) is 0. The minimum Gasteiger partial charge on any atom is -0.458 e. The number of carbonyl (C=O) groups is 1. The summed E-state index contributed by atoms with van der Waals surface area (Å²) in [6.07, 6.45) is 7.12. The van der Waals surface area contributed by atoms with Gasteiger partial charge in [0.1, 0.15) is 5.60 Å². The third-order valence-electron chi connectivity index (χ3n) is 5.31. The number of hydrogen-bond acceptors (Lipinski definition) is 2. The summed E-state index contributed by atoms with van der Waals surface area (Å²) >= 11 is 0. The van der Waals surface area contributed by atoms with E-state index in [4.69, 9.17) is 4.74 Å². The molecule has 0 bridgehead atoms. The maximum absolute atomic E-state index is 12.4. The first kappa shape index (κ1) is 16.5. The zero-order valence-corrected chi connectivity index (χ0v) is 13.7. The van der Waals surface area contributed by atoms with E-state index in [1.807, 2.05) is 13.8 Å². The van der Waals surface area contributed by atoms with Gasteiger partial charge in [0.25, 0.3) is 0 Å². The van der Waals surface area contributed by atoms with Crippen molar-refractivity contribution in [3.8, 4) is 0 Å². The molecule has 112 valence electrons. The molecule has 0 aromatic heterocycles. The fraction of sp³-hybridized carbons (Fsp3) is 0.941. The summed E-state index contributed by atoms with van der Waals surface area (Å²) in [6.45, 7) is 12.5. The van der Waals surface area contributed by atoms with Crippen molar-refractivity contribution in [3.05, 3.63) is 0 Å². The summed E-state index contributed by atoms with van der Waals surface area (Å²) in [7, 11) is 0. The third-order valence-corrected chi connectivity index (χ3v) is 5.31. The smallest absolute Gasteiger partial charge is 0.312 e. The standard InChI is InChI=1S/C17H32O2/c1-7-16(4,5)15(18)19-17(6,13(2)3)14-11-9-8-10-12-14/h13-14H,7-12H2,1-6H3. The number of rotatable bonds is 5. The number of ether oxygens (including phenoxy) is 1. The minimum absolute atomic E-state index is 0.0308. The van der Waals surface area contributed by atoms with Crippen molar-refractivity contribution in [2.24, 2.45) is 17.3 Å². The Hall–Kier alpha value is -0.530. The zero-order valence-electron chi connectivity index (χ0n) is 13.7. The molecule has 0 aromatic rings. The average Bonchev–Trinajstić information content (AvgIpc) is 2.39. The molecule has 2 nitrogen and oxygen atoms in total. The van der Waals surface area contributed by atoms with Crippen LogP contribution in [0, 0.1) is 17.3 Å². The second-order valence-corrected chi connectivity index (χ2v) is 7.30. The van der Waals surface area contributed by atoms with E-state index in [-0.39, 0.29) is 17.0 Å². The quantitative estimate of drug-likeness (QED) is 0.659. The van der Waals surface area contributed by atoms with Gasteiger partial charge in [-0.15, -0.1) is 0 Å². The molecule has 0 radical (unpaired) electrons. The molecule has 1 aliphatic rings. The van der Waals surface area contributed by atoms with Crippen LogP contribution in [0.15, 0.2) is 0 Å². The Bertz CT molecular complexity index is 300. The summed E-state index contributed by atoms with van der Waals surface area (Å²) < 4.78 is 6.06. The molecule has 0 amide bonds. The fourth-order valence-corrected chi connectivity index (χ4v) is 2.83. The highest BCUT2D eigenvalue weighted by atomic mass is 16.6. The van der Waals surface area contributed by atoms with E-state index in [0.717, 1.165) is 6.42 Å². The molecule has 1 rings (SSSR count). The van der Waals surface area contributed by atoms with E-state index in [0.29, 0.717) is 11.8 Å². The summed E-state index contributed by atoms with van der Waals surface area (Å²) in [4.78, 5) is 12.4. The average molecular weight is 268 g/mol. The Labute approximate surface area is 119 Å². The lowest BCUT2D eigenvalue weighted by atomic mass is 9.72. The number of hydrogen-bond donors (Lipinski definition) is 0. The van der Waals surface area contributed by atoms with Crippen LogP contribution in [0.3, 0.4) is 0 Å². The predicted molar refractivity (Wildman–Crippen MR) is 80.0 cm³/mol. The van der Waals surface area contributed by atoms with Crippen LogP contribution in [0.1, 0.15) is 80.1 Å². The van der Waals surface area contributed by atoms with Gasteiger partial charge in [0.05, 0.1) is 5.41 Å². The molecule has 1 fully saturated rings. The van der Waals surface area contributed by atoms with Crippen molar-refractivity contribution in [1.29, 1.82) is 0 Å². The first-order valence-corrected chi connectivity index (χ1v) is 7.97. The van der Waals surface area contributed by atoms with Crippen LogP contribution in [0.5, 0.6) is 0 Å². The van der Waals surface area contributed by atoms with Crippen molar-refractivity contribution in [3.63, 3.8) is 0 Å². The fourth-order valence-electron chi connectivity index (χ4n) is 2.83. The highest BCUT2D eigenvalue weighted by Crippen LogP contribution is 2.41. The van der Waals surface area contributed by atoms with Gasteiger partial charge < -0.3 is 4.74 Å². The van der Waals surface area contributed by atoms with E-state index < -0.39 is 0 Å². The third kappa shape index (κ3) is 3.73. The van der Waals surface area contributed by atoms with Crippen LogP contribution >= 0.6 is 0 Å². The van der Waals surface area contributed by atoms with E-state index in [1.54, 1.807) is 0 Å². The lowest BCUT2D eigenvalue weighted by molar-refractivity contribution is -0.183. The molecule has 0 heterocycles. The molecule has 0 saturated heterocycles. The molecular weight excluding hydrogens is 236 g/mol. The van der Waals surface area contributed by atoms with Gasteiger partial charge in [-0.05, 0) is 51.9 Å². The lowest BCUT2D eigenvalue weighted by Gasteiger charge is -2.43. The SMILES string of the molecule is CCC(C)(C)C(=O)OC(C)(C(C)C)C1CCCCC1. The van der Waals surface area contributed by atoms with Crippen molar-refractivity contribution in [1.82, 2.24) is 0 Å². The molecule has 1 aliphatic carbocycles. The minimum atomic E-state index is -0.370. The normalized spacial score (nSPS) is 21.2. The monoisotopic (exact) mass is 268 g/mol. The Morgan fingerprint density at radius 1 is 1.16 bits per heavy atom. The van der Waals surface area contributed by atoms with Crippen LogP contribution in [-0.2, 0) is 9.53 Å². The van der Waals surface area contributed by atoms with E-state index in [2.05, 4.69) is 27.7 Å². The van der Waals surface area contributed by atoms with Gasteiger partial charge in [0.2, 0.25) is 0 Å². The van der Waals surface area contributed by atoms with Crippen molar-refractivity contribution in [2.45, 2.75) is 85.7 Å². The second kappa shape index (κ2) is 6.28. The molecule has 0 spiro atoms. The maximum Gasteiger partial charge on any atom is 0.312 e. The highest BCUT2D eigenvalue weighted by molar-refractivity contribution is 5.76. The van der Waals surface area contributed by atoms with E-state index in [1.165, 1.54) is 32.1 Å². The Morgan fingerprint density at radius 3 is 2.11 bits per heavy atom. The van der Waals surface area contributed by atoms with Gasteiger partial charge in [-0.1, -0.05) is 40.0 Å². The Kier molecular flexibility index (Phi) is 5.46. The second-order valence-electron chi connectivity index (χ2n) is 7.30. The first-order valence-electron chi connectivity index (χ1n) is 7.97. The topological polar surface area (TPSA) is 26.3 Å². The number of carbonyl (C=O) groups excluding carboxylic acids is 1. The summed E-state index contributed by atoms with van der Waals surface area (Å²) in [6, 6.07) is 0. The molecule has 0 N–H and O–H groups in total. The highest BCUT2D eigenvalue weighted by Gasteiger charge is 2.43. The van der Waals surface area contributed by atoms with Crippen molar-refractivity contribution in [2.75, 3.05) is 0 Å². The largest absolute Gasteiger partial charge is 0.458 e. The molecule has 1 saturated carbocycles. The molecule has 2 heteroatoms. The van der Waals surface area contributed by atoms with Crippen LogP contribution in [0.4, 0.5) is 0 Å². The predicted octanol–water partition coefficient (Wildman–Crippen LogP) is 4.96.